The molecule has 1 amide bonds. The van der Waals surface area contributed by atoms with Gasteiger partial charge in [-0.1, -0.05) is 51.1 Å². The molecule has 0 spiro atoms. The Morgan fingerprint density at radius 3 is 2.45 bits per heavy atom. The zero-order valence-corrected chi connectivity index (χ0v) is 22.5. The summed E-state index contributed by atoms with van der Waals surface area (Å²) in [7, 11) is 3.45. The maximum absolute atomic E-state index is 12.4. The number of anilines is 3. The molecule has 2 aromatic carbocycles. The summed E-state index contributed by atoms with van der Waals surface area (Å²) in [5.74, 6) is 1.45. The van der Waals surface area contributed by atoms with E-state index in [1.54, 1.807) is 31.3 Å². The first kappa shape index (κ1) is 26.7. The second-order valence-corrected chi connectivity index (χ2v) is 10.3. The van der Waals surface area contributed by atoms with Gasteiger partial charge in [0.1, 0.15) is 5.82 Å². The molecule has 0 aliphatic rings. The van der Waals surface area contributed by atoms with Crippen molar-refractivity contribution in [3.63, 3.8) is 0 Å². The van der Waals surface area contributed by atoms with E-state index in [1.807, 2.05) is 70.2 Å². The van der Waals surface area contributed by atoms with E-state index in [0.29, 0.717) is 28.8 Å². The number of nitrogens with one attached hydrogen (secondary N) is 2. The van der Waals surface area contributed by atoms with Gasteiger partial charge in [0.15, 0.2) is 0 Å². The average molecular weight is 516 g/mol. The molecular weight excluding hydrogens is 482 g/mol. The molecule has 4 aromatic rings. The molecule has 0 aliphatic heterocycles. The minimum absolute atomic E-state index is 0.0636. The van der Waals surface area contributed by atoms with Crippen molar-refractivity contribution in [2.24, 2.45) is 0 Å². The summed E-state index contributed by atoms with van der Waals surface area (Å²) in [5, 5.41) is 25.1. The molecule has 38 heavy (non-hydrogen) atoms. The predicted molar refractivity (Wildman–Crippen MR) is 146 cm³/mol. The molecule has 10 nitrogen and oxygen atoms in total. The van der Waals surface area contributed by atoms with Crippen LogP contribution in [-0.4, -0.2) is 56.8 Å². The van der Waals surface area contributed by atoms with Crippen LogP contribution in [0.3, 0.4) is 0 Å². The topological polar surface area (TPSA) is 129 Å². The second-order valence-electron chi connectivity index (χ2n) is 10.3. The highest BCUT2D eigenvalue weighted by Gasteiger charge is 2.25. The molecule has 0 unspecified atom stereocenters. The number of aryl methyl sites for hydroxylation is 1. The third-order valence-electron chi connectivity index (χ3n) is 5.90. The molecule has 0 fully saturated rings. The van der Waals surface area contributed by atoms with E-state index in [0.717, 1.165) is 16.8 Å². The molecule has 0 radical (unpaired) electrons. The van der Waals surface area contributed by atoms with Gasteiger partial charge in [-0.3, -0.25) is 4.79 Å². The van der Waals surface area contributed by atoms with E-state index in [1.165, 1.54) is 0 Å². The number of nitrogens with zero attached hydrogens (tertiary/aromatic N) is 5. The molecule has 3 N–H and O–H groups in total. The number of carbonyl (C=O) groups is 1. The van der Waals surface area contributed by atoms with Gasteiger partial charge in [0.2, 0.25) is 11.8 Å². The van der Waals surface area contributed by atoms with Gasteiger partial charge in [0.25, 0.3) is 11.8 Å². The summed E-state index contributed by atoms with van der Waals surface area (Å²) >= 11 is 0. The van der Waals surface area contributed by atoms with Gasteiger partial charge in [0, 0.05) is 37.0 Å². The molecule has 1 atom stereocenters. The van der Waals surface area contributed by atoms with Gasteiger partial charge in [-0.25, -0.2) is 4.98 Å². The fraction of sp³-hybridized carbons (Fsp3) is 0.321. The number of aromatic nitrogens is 4. The monoisotopic (exact) mass is 515 g/mol. The van der Waals surface area contributed by atoms with E-state index < -0.39 is 6.04 Å². The molecule has 4 rings (SSSR count). The van der Waals surface area contributed by atoms with Gasteiger partial charge in [-0.2, -0.15) is 4.98 Å². The van der Waals surface area contributed by atoms with Crippen LogP contribution in [-0.2, 0) is 5.41 Å². The fourth-order valence-electron chi connectivity index (χ4n) is 3.78. The SMILES string of the molecule is Cc1cc(Nc2ncc(-c3nnc(C(C)(C)C)o3)c(N[C@H](CO)c3ccccc3)n2)ccc1C(=O)N(C)C. The minimum Gasteiger partial charge on any atom is -0.420 e. The Hall–Kier alpha value is -4.31. The molecule has 0 aliphatic carbocycles. The van der Waals surface area contributed by atoms with Gasteiger partial charge in [0.05, 0.1) is 18.2 Å². The Kier molecular flexibility index (Phi) is 7.72. The van der Waals surface area contributed by atoms with E-state index in [-0.39, 0.29) is 23.8 Å². The number of hydrogen-bond donors (Lipinski definition) is 3. The first-order valence-corrected chi connectivity index (χ1v) is 12.3. The lowest BCUT2D eigenvalue weighted by atomic mass is 9.97. The van der Waals surface area contributed by atoms with Crippen molar-refractivity contribution in [3.8, 4) is 11.5 Å². The smallest absolute Gasteiger partial charge is 0.253 e. The number of rotatable bonds is 8. The zero-order valence-electron chi connectivity index (χ0n) is 22.5. The summed E-state index contributed by atoms with van der Waals surface area (Å²) in [6, 6.07) is 14.6. The quantitative estimate of drug-likeness (QED) is 0.305. The van der Waals surface area contributed by atoms with Crippen LogP contribution in [0.1, 0.15) is 54.2 Å². The number of benzene rings is 2. The van der Waals surface area contributed by atoms with E-state index in [4.69, 9.17) is 9.40 Å². The Balaban J connectivity index is 1.70. The maximum atomic E-state index is 12.4. The van der Waals surface area contributed by atoms with Crippen molar-refractivity contribution in [1.29, 1.82) is 0 Å². The lowest BCUT2D eigenvalue weighted by Crippen LogP contribution is -2.22. The number of aliphatic hydroxyl groups excluding tert-OH is 1. The summed E-state index contributed by atoms with van der Waals surface area (Å²) in [5.41, 5.74) is 3.26. The normalized spacial score (nSPS) is 12.2. The lowest BCUT2D eigenvalue weighted by Gasteiger charge is -2.19. The van der Waals surface area contributed by atoms with Crippen molar-refractivity contribution >= 4 is 23.4 Å². The standard InChI is InChI=1S/C28H33N7O3/c1-17-14-19(12-13-20(17)25(37)35(5)6)30-27-29-15-21(24-33-34-26(38-24)28(2,3)4)23(32-27)31-22(16-36)18-10-8-7-9-11-18/h7-15,22,36H,16H2,1-6H3,(H2,29,30,31,32)/t22-/m1/s1. The lowest BCUT2D eigenvalue weighted by molar-refractivity contribution is 0.0827. The highest BCUT2D eigenvalue weighted by atomic mass is 16.4. The largest absolute Gasteiger partial charge is 0.420 e. The molecule has 10 heteroatoms. The van der Waals surface area contributed by atoms with Crippen molar-refractivity contribution in [2.45, 2.75) is 39.2 Å². The zero-order chi connectivity index (χ0) is 27.4. The number of carbonyl (C=O) groups excluding carboxylic acids is 1. The van der Waals surface area contributed by atoms with Gasteiger partial charge in [-0.05, 0) is 36.2 Å². The molecule has 2 heterocycles. The number of amides is 1. The summed E-state index contributed by atoms with van der Waals surface area (Å²) in [6.45, 7) is 7.69. The van der Waals surface area contributed by atoms with Crippen LogP contribution >= 0.6 is 0 Å². The van der Waals surface area contributed by atoms with Gasteiger partial charge in [-0.15, -0.1) is 10.2 Å². The van der Waals surface area contributed by atoms with Crippen LogP contribution in [0.5, 0.6) is 0 Å². The van der Waals surface area contributed by atoms with Gasteiger partial charge < -0.3 is 25.1 Å². The highest BCUT2D eigenvalue weighted by molar-refractivity contribution is 5.95. The van der Waals surface area contributed by atoms with Crippen LogP contribution in [0, 0.1) is 6.92 Å². The summed E-state index contributed by atoms with van der Waals surface area (Å²) in [4.78, 5) is 23.1. The molecule has 0 saturated heterocycles. The highest BCUT2D eigenvalue weighted by Crippen LogP contribution is 2.32. The van der Waals surface area contributed by atoms with E-state index in [9.17, 15) is 9.90 Å². The predicted octanol–water partition coefficient (Wildman–Crippen LogP) is 4.72. The van der Waals surface area contributed by atoms with Crippen LogP contribution in [0.4, 0.5) is 17.5 Å². The summed E-state index contributed by atoms with van der Waals surface area (Å²) in [6.07, 6.45) is 1.61. The van der Waals surface area contributed by atoms with Crippen molar-refractivity contribution < 1.29 is 14.3 Å². The molecule has 198 valence electrons. The Labute approximate surface area is 222 Å². The molecule has 0 bridgehead atoms. The Morgan fingerprint density at radius 1 is 1.11 bits per heavy atom. The first-order valence-electron chi connectivity index (χ1n) is 12.3. The van der Waals surface area contributed by atoms with Crippen LogP contribution in [0.25, 0.3) is 11.5 Å². The number of hydrogen-bond acceptors (Lipinski definition) is 9. The summed E-state index contributed by atoms with van der Waals surface area (Å²) < 4.78 is 5.96. The van der Waals surface area contributed by atoms with E-state index in [2.05, 4.69) is 25.8 Å². The first-order chi connectivity index (χ1) is 18.1. The number of aliphatic hydroxyl groups is 1. The molecule has 2 aromatic heterocycles. The van der Waals surface area contributed by atoms with E-state index >= 15 is 0 Å². The third-order valence-corrected chi connectivity index (χ3v) is 5.90. The van der Waals surface area contributed by atoms with Crippen LogP contribution in [0.2, 0.25) is 0 Å². The second kappa shape index (κ2) is 11.0. The van der Waals surface area contributed by atoms with Crippen molar-refractivity contribution in [2.75, 3.05) is 31.3 Å². The average Bonchev–Trinajstić information content (AvgIpc) is 3.38. The molecule has 0 saturated carbocycles. The third kappa shape index (κ3) is 5.97. The van der Waals surface area contributed by atoms with Gasteiger partial charge >= 0.3 is 0 Å². The maximum Gasteiger partial charge on any atom is 0.253 e. The van der Waals surface area contributed by atoms with Crippen LogP contribution < -0.4 is 10.6 Å². The minimum atomic E-state index is -0.429. The fourth-order valence-corrected chi connectivity index (χ4v) is 3.78. The van der Waals surface area contributed by atoms with Crippen LogP contribution in [0.15, 0.2) is 59.1 Å². The Bertz CT molecular complexity index is 1410. The van der Waals surface area contributed by atoms with Crippen molar-refractivity contribution in [1.82, 2.24) is 25.1 Å². The molecular formula is C28H33N7O3. The Morgan fingerprint density at radius 2 is 1.84 bits per heavy atom. The van der Waals surface area contributed by atoms with Crippen molar-refractivity contribution in [3.05, 3.63) is 77.3 Å².